The summed E-state index contributed by atoms with van der Waals surface area (Å²) in [5.41, 5.74) is 2.10. The van der Waals surface area contributed by atoms with Gasteiger partial charge in [-0.2, -0.15) is 0 Å². The molecule has 0 aliphatic rings. The average Bonchev–Trinajstić information content (AvgIpc) is 2.93. The molecule has 0 aliphatic carbocycles. The number of ether oxygens (including phenoxy) is 1. The number of carbonyl (C=O) groups excluding carboxylic acids is 2. The zero-order valence-electron chi connectivity index (χ0n) is 12.4. The van der Waals surface area contributed by atoms with E-state index in [4.69, 9.17) is 0 Å². The number of aryl methyl sites for hydroxylation is 1. The number of rotatable bonds is 5. The molecule has 1 amide bonds. The van der Waals surface area contributed by atoms with Crippen LogP contribution in [0.1, 0.15) is 23.7 Å². The van der Waals surface area contributed by atoms with Gasteiger partial charge < -0.3 is 9.64 Å². The summed E-state index contributed by atoms with van der Waals surface area (Å²) in [5, 5.41) is 8.06. The molecule has 0 N–H and O–H groups in total. The van der Waals surface area contributed by atoms with Gasteiger partial charge in [-0.25, -0.2) is 4.68 Å². The zero-order valence-corrected chi connectivity index (χ0v) is 12.4. The maximum atomic E-state index is 12.3. The summed E-state index contributed by atoms with van der Waals surface area (Å²) in [7, 11) is 2.98. The third-order valence-electron chi connectivity index (χ3n) is 3.29. The maximum Gasteiger partial charge on any atom is 0.307 e. The second kappa shape index (κ2) is 6.34. The fourth-order valence-electron chi connectivity index (χ4n) is 2.02. The van der Waals surface area contributed by atoms with Crippen molar-refractivity contribution in [3.05, 3.63) is 23.8 Å². The number of fused-ring (bicyclic) bond motifs is 1. The number of nitrogens with zero attached hydrogens (tertiary/aromatic N) is 4. The van der Waals surface area contributed by atoms with Crippen molar-refractivity contribution in [1.82, 2.24) is 19.9 Å². The van der Waals surface area contributed by atoms with Crippen LogP contribution < -0.4 is 0 Å². The van der Waals surface area contributed by atoms with Crippen LogP contribution in [0.4, 0.5) is 0 Å². The first-order chi connectivity index (χ1) is 10.1. The number of hydrogen-bond donors (Lipinski definition) is 0. The van der Waals surface area contributed by atoms with Gasteiger partial charge in [-0.15, -0.1) is 5.10 Å². The van der Waals surface area contributed by atoms with E-state index >= 15 is 0 Å². The molecular weight excluding hydrogens is 272 g/mol. The standard InChI is InChI=1S/C14H18N4O3/c1-4-18-12-6-5-10(9-11(12)15-16-18)14(20)17(2)8-7-13(19)21-3/h5-6,9H,4,7-8H2,1-3H3. The number of hydrogen-bond acceptors (Lipinski definition) is 5. The van der Waals surface area contributed by atoms with Crippen LogP contribution in [0, 0.1) is 0 Å². The number of carbonyl (C=O) groups is 2. The summed E-state index contributed by atoms with van der Waals surface area (Å²) in [6.45, 7) is 3.02. The Hall–Kier alpha value is -2.44. The van der Waals surface area contributed by atoms with E-state index in [2.05, 4.69) is 15.0 Å². The fraction of sp³-hybridized carbons (Fsp3) is 0.429. The Morgan fingerprint density at radius 1 is 1.38 bits per heavy atom. The molecule has 0 bridgehead atoms. The third kappa shape index (κ3) is 3.18. The smallest absolute Gasteiger partial charge is 0.307 e. The predicted octanol–water partition coefficient (Wildman–Crippen LogP) is 1.09. The molecule has 0 radical (unpaired) electrons. The lowest BCUT2D eigenvalue weighted by Gasteiger charge is -2.16. The lowest BCUT2D eigenvalue weighted by molar-refractivity contribution is -0.140. The van der Waals surface area contributed by atoms with E-state index in [1.54, 1.807) is 23.9 Å². The highest BCUT2D eigenvalue weighted by Gasteiger charge is 2.15. The van der Waals surface area contributed by atoms with Crippen LogP contribution in [0.2, 0.25) is 0 Å². The van der Waals surface area contributed by atoms with E-state index in [0.717, 1.165) is 12.1 Å². The number of esters is 1. The van der Waals surface area contributed by atoms with Crippen LogP contribution in [0.3, 0.4) is 0 Å². The van der Waals surface area contributed by atoms with Crippen molar-refractivity contribution in [1.29, 1.82) is 0 Å². The highest BCUT2D eigenvalue weighted by atomic mass is 16.5. The second-order valence-corrected chi connectivity index (χ2v) is 4.66. The van der Waals surface area contributed by atoms with Crippen LogP contribution in [0.25, 0.3) is 11.0 Å². The van der Waals surface area contributed by atoms with E-state index in [1.165, 1.54) is 12.0 Å². The summed E-state index contributed by atoms with van der Waals surface area (Å²) < 4.78 is 6.33. The number of amides is 1. The molecule has 0 saturated carbocycles. The van der Waals surface area contributed by atoms with Crippen molar-refractivity contribution in [2.24, 2.45) is 0 Å². The molecule has 0 atom stereocenters. The van der Waals surface area contributed by atoms with Crippen molar-refractivity contribution < 1.29 is 14.3 Å². The van der Waals surface area contributed by atoms with Crippen LogP contribution >= 0.6 is 0 Å². The van der Waals surface area contributed by atoms with E-state index in [9.17, 15) is 9.59 Å². The van der Waals surface area contributed by atoms with Gasteiger partial charge in [0.2, 0.25) is 0 Å². The van der Waals surface area contributed by atoms with Crippen molar-refractivity contribution in [3.8, 4) is 0 Å². The average molecular weight is 290 g/mol. The number of benzene rings is 1. The van der Waals surface area contributed by atoms with Crippen molar-refractivity contribution in [2.75, 3.05) is 20.7 Å². The summed E-state index contributed by atoms with van der Waals surface area (Å²) in [5.74, 6) is -0.497. The Kier molecular flexibility index (Phi) is 4.52. The molecular formula is C14H18N4O3. The Bertz CT molecular complexity index is 665. The normalized spacial score (nSPS) is 10.6. The Balaban J connectivity index is 2.13. The Labute approximate surface area is 122 Å². The monoisotopic (exact) mass is 290 g/mol. The van der Waals surface area contributed by atoms with Crippen LogP contribution in [-0.2, 0) is 16.1 Å². The topological polar surface area (TPSA) is 77.3 Å². The highest BCUT2D eigenvalue weighted by Crippen LogP contribution is 2.14. The third-order valence-corrected chi connectivity index (χ3v) is 3.29. The lowest BCUT2D eigenvalue weighted by atomic mass is 10.1. The van der Waals surface area contributed by atoms with E-state index < -0.39 is 0 Å². The van der Waals surface area contributed by atoms with Crippen molar-refractivity contribution in [3.63, 3.8) is 0 Å². The molecule has 112 valence electrons. The first kappa shape index (κ1) is 15.0. The molecule has 2 rings (SSSR count). The zero-order chi connectivity index (χ0) is 15.4. The van der Waals surface area contributed by atoms with Gasteiger partial charge in [0, 0.05) is 25.7 Å². The molecule has 1 aromatic heterocycles. The highest BCUT2D eigenvalue weighted by molar-refractivity contribution is 5.97. The van der Waals surface area contributed by atoms with Crippen LogP contribution in [-0.4, -0.2) is 52.5 Å². The molecule has 2 aromatic rings. The minimum atomic E-state index is -0.337. The van der Waals surface area contributed by atoms with Gasteiger partial charge in [0.15, 0.2) is 0 Å². The quantitative estimate of drug-likeness (QED) is 0.770. The first-order valence-corrected chi connectivity index (χ1v) is 6.72. The summed E-state index contributed by atoms with van der Waals surface area (Å²) in [4.78, 5) is 24.9. The van der Waals surface area contributed by atoms with E-state index in [0.29, 0.717) is 17.6 Å². The first-order valence-electron chi connectivity index (χ1n) is 6.72. The molecule has 7 heteroatoms. The number of methoxy groups -OCH3 is 1. The molecule has 0 spiro atoms. The van der Waals surface area contributed by atoms with Gasteiger partial charge in [0.25, 0.3) is 5.91 Å². The van der Waals surface area contributed by atoms with Gasteiger partial charge >= 0.3 is 5.97 Å². The molecule has 7 nitrogen and oxygen atoms in total. The predicted molar refractivity (Wildman–Crippen MR) is 76.8 cm³/mol. The minimum absolute atomic E-state index is 0.160. The molecule has 1 aromatic carbocycles. The van der Waals surface area contributed by atoms with Crippen molar-refractivity contribution >= 4 is 22.9 Å². The van der Waals surface area contributed by atoms with Gasteiger partial charge in [0.05, 0.1) is 19.0 Å². The Morgan fingerprint density at radius 3 is 2.81 bits per heavy atom. The number of aromatic nitrogens is 3. The van der Waals surface area contributed by atoms with Gasteiger partial charge in [-0.1, -0.05) is 5.21 Å². The van der Waals surface area contributed by atoms with E-state index in [-0.39, 0.29) is 18.3 Å². The second-order valence-electron chi connectivity index (χ2n) is 4.66. The summed E-state index contributed by atoms with van der Waals surface area (Å²) >= 11 is 0. The SMILES string of the molecule is CCn1nnc2cc(C(=O)N(C)CCC(=O)OC)ccc21. The minimum Gasteiger partial charge on any atom is -0.469 e. The van der Waals surface area contributed by atoms with Gasteiger partial charge in [0.1, 0.15) is 5.52 Å². The molecule has 21 heavy (non-hydrogen) atoms. The van der Waals surface area contributed by atoms with Crippen LogP contribution in [0.15, 0.2) is 18.2 Å². The summed E-state index contributed by atoms with van der Waals surface area (Å²) in [6.07, 6.45) is 0.174. The summed E-state index contributed by atoms with van der Waals surface area (Å²) in [6, 6.07) is 5.29. The van der Waals surface area contributed by atoms with Gasteiger partial charge in [-0.05, 0) is 25.1 Å². The fourth-order valence-corrected chi connectivity index (χ4v) is 2.02. The maximum absolute atomic E-state index is 12.3. The molecule has 0 unspecified atom stereocenters. The lowest BCUT2D eigenvalue weighted by Crippen LogP contribution is -2.29. The van der Waals surface area contributed by atoms with Crippen LogP contribution in [0.5, 0.6) is 0 Å². The molecule has 0 fully saturated rings. The molecule has 0 aliphatic heterocycles. The van der Waals surface area contributed by atoms with Crippen molar-refractivity contribution in [2.45, 2.75) is 19.9 Å². The van der Waals surface area contributed by atoms with Gasteiger partial charge in [-0.3, -0.25) is 9.59 Å². The largest absolute Gasteiger partial charge is 0.469 e. The van der Waals surface area contributed by atoms with E-state index in [1.807, 2.05) is 13.0 Å². The Morgan fingerprint density at radius 2 is 2.14 bits per heavy atom. The molecule has 0 saturated heterocycles. The molecule has 1 heterocycles.